The fraction of sp³-hybridized carbons (Fsp3) is 0.500. The third-order valence-electron chi connectivity index (χ3n) is 3.43. The predicted octanol–water partition coefficient (Wildman–Crippen LogP) is 1.67. The van der Waals surface area contributed by atoms with Crippen LogP contribution in [0.15, 0.2) is 24.3 Å². The monoisotopic (exact) mass is 292 g/mol. The summed E-state index contributed by atoms with van der Waals surface area (Å²) in [6.45, 7) is 4.82. The number of hydrogen-bond acceptors (Lipinski definition) is 3. The largest absolute Gasteiger partial charge is 0.393 e. The first kappa shape index (κ1) is 17.2. The first-order valence-electron chi connectivity index (χ1n) is 7.31. The standard InChI is InChI=1S/C16H24N2O3/c1-4-14(19)9-10-17-15(20)12-7-6-8-13(11-12)16(21)18(3)5-2/h6-8,11,14,19H,4-5,9-10H2,1-3H3,(H,17,20). The maximum atomic E-state index is 12.1. The number of carbonyl (C=O) groups excluding carboxylic acids is 2. The Bertz CT molecular complexity index is 488. The van der Waals surface area contributed by atoms with Gasteiger partial charge in [-0.25, -0.2) is 0 Å². The van der Waals surface area contributed by atoms with E-state index in [1.54, 1.807) is 36.2 Å². The van der Waals surface area contributed by atoms with Crippen molar-refractivity contribution >= 4 is 11.8 Å². The Morgan fingerprint density at radius 1 is 1.29 bits per heavy atom. The van der Waals surface area contributed by atoms with E-state index in [2.05, 4.69) is 5.32 Å². The van der Waals surface area contributed by atoms with Crippen molar-refractivity contribution in [3.05, 3.63) is 35.4 Å². The van der Waals surface area contributed by atoms with E-state index in [-0.39, 0.29) is 11.8 Å². The highest BCUT2D eigenvalue weighted by atomic mass is 16.3. The first-order valence-corrected chi connectivity index (χ1v) is 7.31. The van der Waals surface area contributed by atoms with Gasteiger partial charge in [-0.05, 0) is 38.0 Å². The van der Waals surface area contributed by atoms with Crippen molar-refractivity contribution in [3.63, 3.8) is 0 Å². The molecule has 0 aliphatic heterocycles. The van der Waals surface area contributed by atoms with Crippen LogP contribution >= 0.6 is 0 Å². The van der Waals surface area contributed by atoms with Gasteiger partial charge < -0.3 is 15.3 Å². The number of hydrogen-bond donors (Lipinski definition) is 2. The van der Waals surface area contributed by atoms with Crippen molar-refractivity contribution < 1.29 is 14.7 Å². The van der Waals surface area contributed by atoms with Gasteiger partial charge in [0.15, 0.2) is 0 Å². The lowest BCUT2D eigenvalue weighted by molar-refractivity contribution is 0.0802. The normalized spacial score (nSPS) is 11.8. The van der Waals surface area contributed by atoms with E-state index in [1.807, 2.05) is 13.8 Å². The molecule has 5 heteroatoms. The van der Waals surface area contributed by atoms with Crippen LogP contribution in [0.5, 0.6) is 0 Å². The van der Waals surface area contributed by atoms with E-state index >= 15 is 0 Å². The highest BCUT2D eigenvalue weighted by Crippen LogP contribution is 2.08. The van der Waals surface area contributed by atoms with Gasteiger partial charge in [-0.2, -0.15) is 0 Å². The zero-order valence-corrected chi connectivity index (χ0v) is 12.9. The van der Waals surface area contributed by atoms with Gasteiger partial charge in [-0.15, -0.1) is 0 Å². The summed E-state index contributed by atoms with van der Waals surface area (Å²) in [6.07, 6.45) is 0.805. The third kappa shape index (κ3) is 5.19. The molecule has 1 unspecified atom stereocenters. The molecule has 2 amide bonds. The second kappa shape index (κ2) is 8.42. The Morgan fingerprint density at radius 2 is 1.95 bits per heavy atom. The minimum absolute atomic E-state index is 0.103. The van der Waals surface area contributed by atoms with Gasteiger partial charge in [0.1, 0.15) is 0 Å². The van der Waals surface area contributed by atoms with Gasteiger partial charge in [0.2, 0.25) is 0 Å². The molecule has 0 heterocycles. The quantitative estimate of drug-likeness (QED) is 0.803. The number of benzene rings is 1. The van der Waals surface area contributed by atoms with Crippen molar-refractivity contribution in [2.24, 2.45) is 0 Å². The summed E-state index contributed by atoms with van der Waals surface area (Å²) in [5.41, 5.74) is 0.955. The van der Waals surface area contributed by atoms with Crippen molar-refractivity contribution in [2.75, 3.05) is 20.1 Å². The molecule has 1 rings (SSSR count). The number of aliphatic hydroxyl groups excluding tert-OH is 1. The fourth-order valence-corrected chi connectivity index (χ4v) is 1.82. The first-order chi connectivity index (χ1) is 9.99. The zero-order chi connectivity index (χ0) is 15.8. The summed E-state index contributed by atoms with van der Waals surface area (Å²) in [4.78, 5) is 25.7. The van der Waals surface area contributed by atoms with Crippen LogP contribution in [0, 0.1) is 0 Å². The van der Waals surface area contributed by atoms with Crippen molar-refractivity contribution in [3.8, 4) is 0 Å². The summed E-state index contributed by atoms with van der Waals surface area (Å²) in [7, 11) is 1.72. The van der Waals surface area contributed by atoms with Gasteiger partial charge in [-0.3, -0.25) is 9.59 Å². The Morgan fingerprint density at radius 3 is 2.57 bits per heavy atom. The van der Waals surface area contributed by atoms with Gasteiger partial charge in [0.05, 0.1) is 6.10 Å². The van der Waals surface area contributed by atoms with E-state index in [0.717, 1.165) is 0 Å². The minimum atomic E-state index is -0.392. The highest BCUT2D eigenvalue weighted by Gasteiger charge is 2.13. The van der Waals surface area contributed by atoms with Crippen LogP contribution in [-0.4, -0.2) is 48.1 Å². The molecule has 0 fully saturated rings. The summed E-state index contributed by atoms with van der Waals surface area (Å²) in [5, 5.41) is 12.2. The summed E-state index contributed by atoms with van der Waals surface area (Å²) < 4.78 is 0. The highest BCUT2D eigenvalue weighted by molar-refractivity contribution is 5.99. The Kier molecular flexibility index (Phi) is 6.88. The van der Waals surface area contributed by atoms with Crippen LogP contribution in [0.4, 0.5) is 0 Å². The van der Waals surface area contributed by atoms with E-state index in [4.69, 9.17) is 0 Å². The maximum Gasteiger partial charge on any atom is 0.253 e. The lowest BCUT2D eigenvalue weighted by Crippen LogP contribution is -2.28. The topological polar surface area (TPSA) is 69.6 Å². The molecular formula is C16H24N2O3. The van der Waals surface area contributed by atoms with Crippen molar-refractivity contribution in [1.82, 2.24) is 10.2 Å². The number of nitrogens with zero attached hydrogens (tertiary/aromatic N) is 1. The predicted molar refractivity (Wildman–Crippen MR) is 82.3 cm³/mol. The van der Waals surface area contributed by atoms with Gasteiger partial charge in [0, 0.05) is 31.3 Å². The molecule has 116 valence electrons. The summed E-state index contributed by atoms with van der Waals surface area (Å²) >= 11 is 0. The Hall–Kier alpha value is -1.88. The van der Waals surface area contributed by atoms with Crippen LogP contribution in [0.25, 0.3) is 0 Å². The third-order valence-corrected chi connectivity index (χ3v) is 3.43. The molecule has 2 N–H and O–H groups in total. The Balaban J connectivity index is 2.67. The van der Waals surface area contributed by atoms with E-state index < -0.39 is 6.10 Å². The zero-order valence-electron chi connectivity index (χ0n) is 12.9. The molecule has 0 spiro atoms. The molecule has 0 saturated heterocycles. The molecule has 0 aliphatic rings. The maximum absolute atomic E-state index is 12.1. The van der Waals surface area contributed by atoms with Crippen LogP contribution < -0.4 is 5.32 Å². The number of amides is 2. The number of rotatable bonds is 7. The van der Waals surface area contributed by atoms with Crippen LogP contribution in [0.1, 0.15) is 47.4 Å². The number of nitrogens with one attached hydrogen (secondary N) is 1. The molecule has 5 nitrogen and oxygen atoms in total. The average molecular weight is 292 g/mol. The summed E-state index contributed by atoms with van der Waals surface area (Å²) in [6, 6.07) is 6.67. The molecule has 1 aromatic rings. The average Bonchev–Trinajstić information content (AvgIpc) is 2.53. The molecule has 0 saturated carbocycles. The lowest BCUT2D eigenvalue weighted by Gasteiger charge is -2.15. The van der Waals surface area contributed by atoms with Crippen molar-refractivity contribution in [1.29, 1.82) is 0 Å². The molecule has 0 radical (unpaired) electrons. The van der Waals surface area contributed by atoms with E-state index in [9.17, 15) is 14.7 Å². The second-order valence-electron chi connectivity index (χ2n) is 5.01. The Labute approximate surface area is 126 Å². The lowest BCUT2D eigenvalue weighted by atomic mass is 10.1. The molecule has 0 bridgehead atoms. The van der Waals surface area contributed by atoms with Crippen molar-refractivity contribution in [2.45, 2.75) is 32.8 Å². The minimum Gasteiger partial charge on any atom is -0.393 e. The summed E-state index contributed by atoms with van der Waals surface area (Å²) in [5.74, 6) is -0.333. The fourth-order valence-electron chi connectivity index (χ4n) is 1.82. The van der Waals surface area contributed by atoms with Gasteiger partial charge in [0.25, 0.3) is 11.8 Å². The molecule has 1 atom stereocenters. The molecular weight excluding hydrogens is 268 g/mol. The van der Waals surface area contributed by atoms with Gasteiger partial charge in [-0.1, -0.05) is 13.0 Å². The van der Waals surface area contributed by atoms with Crippen LogP contribution in [0.2, 0.25) is 0 Å². The van der Waals surface area contributed by atoms with Crippen LogP contribution in [-0.2, 0) is 0 Å². The SMILES string of the molecule is CCC(O)CCNC(=O)c1cccc(C(=O)N(C)CC)c1. The molecule has 21 heavy (non-hydrogen) atoms. The second-order valence-corrected chi connectivity index (χ2v) is 5.01. The van der Waals surface area contributed by atoms with Gasteiger partial charge >= 0.3 is 0 Å². The number of aliphatic hydroxyl groups is 1. The van der Waals surface area contributed by atoms with E-state index in [1.165, 1.54) is 0 Å². The molecule has 1 aromatic carbocycles. The van der Waals surface area contributed by atoms with E-state index in [0.29, 0.717) is 37.1 Å². The number of carbonyl (C=O) groups is 2. The molecule has 0 aliphatic carbocycles. The molecule has 0 aromatic heterocycles. The van der Waals surface area contributed by atoms with Crippen LogP contribution in [0.3, 0.4) is 0 Å². The smallest absolute Gasteiger partial charge is 0.253 e.